The van der Waals surface area contributed by atoms with Crippen molar-refractivity contribution in [3.05, 3.63) is 53.3 Å². The molecule has 0 fully saturated rings. The molecule has 17 heavy (non-hydrogen) atoms. The van der Waals surface area contributed by atoms with Crippen molar-refractivity contribution in [1.82, 2.24) is 4.98 Å². The Hall–Kier alpha value is -2.03. The van der Waals surface area contributed by atoms with Gasteiger partial charge >= 0.3 is 0 Å². The third-order valence-electron chi connectivity index (χ3n) is 3.27. The summed E-state index contributed by atoms with van der Waals surface area (Å²) in [6.45, 7) is 4.27. The minimum atomic E-state index is 0.147. The highest BCUT2D eigenvalue weighted by Crippen LogP contribution is 2.36. The highest BCUT2D eigenvalue weighted by atomic mass is 15.2. The van der Waals surface area contributed by atoms with Crippen LogP contribution in [-0.2, 0) is 0 Å². The van der Waals surface area contributed by atoms with Crippen molar-refractivity contribution in [2.24, 2.45) is 0 Å². The first-order chi connectivity index (χ1) is 8.24. The van der Waals surface area contributed by atoms with Crippen LogP contribution in [0.4, 0.5) is 11.4 Å². The summed E-state index contributed by atoms with van der Waals surface area (Å²) >= 11 is 0. The first-order valence-corrected chi connectivity index (χ1v) is 5.78. The molecule has 0 saturated carbocycles. The van der Waals surface area contributed by atoms with Crippen LogP contribution >= 0.6 is 0 Å². The molecule has 1 aromatic carbocycles. The zero-order chi connectivity index (χ0) is 11.8. The van der Waals surface area contributed by atoms with Gasteiger partial charge in [-0.15, -0.1) is 0 Å². The number of pyridine rings is 1. The second-order valence-corrected chi connectivity index (χ2v) is 4.48. The van der Waals surface area contributed by atoms with Crippen LogP contribution < -0.4 is 10.6 Å². The molecule has 3 nitrogen and oxygen atoms in total. The number of nitrogens with one attached hydrogen (secondary N) is 2. The zero-order valence-corrected chi connectivity index (χ0v) is 9.99. The fraction of sp³-hybridized carbons (Fsp3) is 0.214. The van der Waals surface area contributed by atoms with Crippen molar-refractivity contribution in [3.63, 3.8) is 0 Å². The predicted molar refractivity (Wildman–Crippen MR) is 70.1 cm³/mol. The monoisotopic (exact) mass is 225 g/mol. The van der Waals surface area contributed by atoms with Gasteiger partial charge in [-0.05, 0) is 54.8 Å². The molecule has 0 radical (unpaired) electrons. The van der Waals surface area contributed by atoms with Crippen LogP contribution in [-0.4, -0.2) is 4.98 Å². The number of hydrogen-bond donors (Lipinski definition) is 2. The highest BCUT2D eigenvalue weighted by molar-refractivity contribution is 5.76. The normalized spacial score (nSPS) is 14.0. The van der Waals surface area contributed by atoms with E-state index >= 15 is 0 Å². The molecule has 0 atom stereocenters. The molecule has 1 aliphatic rings. The van der Waals surface area contributed by atoms with E-state index in [1.807, 2.05) is 24.5 Å². The van der Waals surface area contributed by atoms with Crippen molar-refractivity contribution < 1.29 is 0 Å². The Labute approximate surface area is 101 Å². The molecule has 2 N–H and O–H groups in total. The molecular formula is C14H15N3. The van der Waals surface area contributed by atoms with Gasteiger partial charge in [-0.2, -0.15) is 0 Å². The lowest BCUT2D eigenvalue weighted by Crippen LogP contribution is -2.11. The molecule has 0 spiro atoms. The topological polar surface area (TPSA) is 37.0 Å². The molecule has 3 heteroatoms. The summed E-state index contributed by atoms with van der Waals surface area (Å²) in [4.78, 5) is 4.04. The van der Waals surface area contributed by atoms with Gasteiger partial charge in [0, 0.05) is 12.4 Å². The smallest absolute Gasteiger partial charge is 0.123 e. The van der Waals surface area contributed by atoms with Gasteiger partial charge in [-0.1, -0.05) is 0 Å². The van der Waals surface area contributed by atoms with E-state index in [1.54, 1.807) is 0 Å². The summed E-state index contributed by atoms with van der Waals surface area (Å²) < 4.78 is 0. The minimum Gasteiger partial charge on any atom is -0.360 e. The average Bonchev–Trinajstić information content (AvgIpc) is 2.74. The molecule has 0 bridgehead atoms. The Morgan fingerprint density at radius 3 is 2.00 bits per heavy atom. The molecule has 2 heterocycles. The van der Waals surface area contributed by atoms with Gasteiger partial charge in [0.2, 0.25) is 0 Å². The largest absolute Gasteiger partial charge is 0.360 e. The Balaban J connectivity index is 1.93. The van der Waals surface area contributed by atoms with Crippen LogP contribution in [0.15, 0.2) is 36.7 Å². The third-order valence-corrected chi connectivity index (χ3v) is 3.27. The van der Waals surface area contributed by atoms with Crippen molar-refractivity contribution >= 4 is 11.4 Å². The zero-order valence-electron chi connectivity index (χ0n) is 9.99. The standard InChI is InChI=1S/C14H15N3/c1-9-7-12-13(8-10(9)2)17-14(16-12)11-3-5-15-6-4-11/h3-8,14,16-17H,1-2H3. The minimum absolute atomic E-state index is 0.147. The van der Waals surface area contributed by atoms with Crippen molar-refractivity contribution in [3.8, 4) is 0 Å². The van der Waals surface area contributed by atoms with E-state index in [0.29, 0.717) is 0 Å². The lowest BCUT2D eigenvalue weighted by molar-refractivity contribution is 0.935. The van der Waals surface area contributed by atoms with Crippen molar-refractivity contribution in [2.45, 2.75) is 20.0 Å². The maximum absolute atomic E-state index is 4.04. The van der Waals surface area contributed by atoms with Crippen LogP contribution in [0.25, 0.3) is 0 Å². The fourth-order valence-corrected chi connectivity index (χ4v) is 2.12. The Bertz CT molecular complexity index is 518. The summed E-state index contributed by atoms with van der Waals surface area (Å²) in [5.74, 6) is 0. The summed E-state index contributed by atoms with van der Waals surface area (Å²) in [6, 6.07) is 8.43. The number of rotatable bonds is 1. The maximum Gasteiger partial charge on any atom is 0.123 e. The van der Waals surface area contributed by atoms with Crippen LogP contribution in [0.5, 0.6) is 0 Å². The lowest BCUT2D eigenvalue weighted by Gasteiger charge is -2.11. The lowest BCUT2D eigenvalue weighted by atomic mass is 10.1. The van der Waals surface area contributed by atoms with E-state index in [0.717, 1.165) is 0 Å². The number of benzene rings is 1. The van der Waals surface area contributed by atoms with Gasteiger partial charge in [0.15, 0.2) is 0 Å². The molecule has 1 aliphatic heterocycles. The van der Waals surface area contributed by atoms with Crippen molar-refractivity contribution in [2.75, 3.05) is 10.6 Å². The Morgan fingerprint density at radius 1 is 0.941 bits per heavy atom. The van der Waals surface area contributed by atoms with E-state index in [-0.39, 0.29) is 6.17 Å². The van der Waals surface area contributed by atoms with Crippen LogP contribution in [0.3, 0.4) is 0 Å². The van der Waals surface area contributed by atoms with E-state index in [9.17, 15) is 0 Å². The maximum atomic E-state index is 4.04. The van der Waals surface area contributed by atoms with Crippen molar-refractivity contribution in [1.29, 1.82) is 0 Å². The number of hydrogen-bond acceptors (Lipinski definition) is 3. The molecular weight excluding hydrogens is 210 g/mol. The number of fused-ring (bicyclic) bond motifs is 1. The molecule has 0 amide bonds. The summed E-state index contributed by atoms with van der Waals surface area (Å²) in [7, 11) is 0. The number of aromatic nitrogens is 1. The molecule has 3 rings (SSSR count). The second-order valence-electron chi connectivity index (χ2n) is 4.48. The second kappa shape index (κ2) is 3.77. The highest BCUT2D eigenvalue weighted by Gasteiger charge is 2.21. The number of anilines is 2. The van der Waals surface area contributed by atoms with Crippen LogP contribution in [0.2, 0.25) is 0 Å². The Morgan fingerprint density at radius 2 is 1.47 bits per heavy atom. The SMILES string of the molecule is Cc1cc2c(cc1C)NC(c1ccncc1)N2. The fourth-order valence-electron chi connectivity index (χ4n) is 2.12. The summed E-state index contributed by atoms with van der Waals surface area (Å²) in [5, 5.41) is 6.96. The molecule has 2 aromatic rings. The van der Waals surface area contributed by atoms with E-state index in [1.165, 1.54) is 28.1 Å². The summed E-state index contributed by atoms with van der Waals surface area (Å²) in [6.07, 6.45) is 3.78. The average molecular weight is 225 g/mol. The third kappa shape index (κ3) is 1.73. The van der Waals surface area contributed by atoms with Crippen LogP contribution in [0.1, 0.15) is 22.9 Å². The van der Waals surface area contributed by atoms with Gasteiger partial charge in [-0.25, -0.2) is 0 Å². The number of aryl methyl sites for hydroxylation is 2. The number of nitrogens with zero attached hydrogens (tertiary/aromatic N) is 1. The van der Waals surface area contributed by atoms with Gasteiger partial charge in [0.1, 0.15) is 6.17 Å². The predicted octanol–water partition coefficient (Wildman–Crippen LogP) is 3.23. The van der Waals surface area contributed by atoms with Crippen LogP contribution in [0, 0.1) is 13.8 Å². The van der Waals surface area contributed by atoms with Gasteiger partial charge in [-0.3, -0.25) is 4.98 Å². The molecule has 1 aromatic heterocycles. The van der Waals surface area contributed by atoms with E-state index in [2.05, 4.69) is 41.6 Å². The van der Waals surface area contributed by atoms with Gasteiger partial charge in [0.05, 0.1) is 11.4 Å². The summed E-state index contributed by atoms with van der Waals surface area (Å²) in [5.41, 5.74) is 6.18. The molecule has 0 unspecified atom stereocenters. The van der Waals surface area contributed by atoms with E-state index in [4.69, 9.17) is 0 Å². The first kappa shape index (κ1) is 10.1. The Kier molecular flexibility index (Phi) is 2.25. The molecule has 0 aliphatic carbocycles. The van der Waals surface area contributed by atoms with E-state index < -0.39 is 0 Å². The first-order valence-electron chi connectivity index (χ1n) is 5.78. The molecule has 86 valence electrons. The molecule has 0 saturated heterocycles. The van der Waals surface area contributed by atoms with Gasteiger partial charge < -0.3 is 10.6 Å². The quantitative estimate of drug-likeness (QED) is 0.782. The van der Waals surface area contributed by atoms with Gasteiger partial charge in [0.25, 0.3) is 0 Å².